The van der Waals surface area contributed by atoms with E-state index in [9.17, 15) is 4.79 Å². The number of halogens is 1. The van der Waals surface area contributed by atoms with Crippen LogP contribution >= 0.6 is 11.6 Å². The first-order chi connectivity index (χ1) is 7.79. The van der Waals surface area contributed by atoms with E-state index in [-0.39, 0.29) is 6.54 Å². The molecule has 1 saturated carbocycles. The Hall–Kier alpha value is -1.31. The third-order valence-electron chi connectivity index (χ3n) is 2.51. The van der Waals surface area contributed by atoms with E-state index >= 15 is 0 Å². The molecule has 0 aromatic heterocycles. The normalized spacial score (nSPS) is 14.3. The van der Waals surface area contributed by atoms with Crippen molar-refractivity contribution in [2.75, 3.05) is 6.61 Å². The standard InChI is InChI=1S/C12H12ClNO2/c13-11-3-4-12(16-7-9-1-2-9)10(5-11)6-14-8-15/h3-5,9H,1-2,6-7H2. The Kier molecular flexibility index (Phi) is 3.60. The van der Waals surface area contributed by atoms with Crippen LogP contribution in [0.15, 0.2) is 23.2 Å². The predicted octanol–water partition coefficient (Wildman–Crippen LogP) is 2.96. The molecule has 1 aromatic rings. The summed E-state index contributed by atoms with van der Waals surface area (Å²) in [6.45, 7) is 1.00. The van der Waals surface area contributed by atoms with Gasteiger partial charge >= 0.3 is 0 Å². The maximum absolute atomic E-state index is 10.1. The van der Waals surface area contributed by atoms with Crippen LogP contribution in [-0.2, 0) is 11.3 Å². The number of hydrogen-bond donors (Lipinski definition) is 0. The van der Waals surface area contributed by atoms with Gasteiger partial charge < -0.3 is 4.74 Å². The van der Waals surface area contributed by atoms with Gasteiger partial charge in [0.2, 0.25) is 6.08 Å². The summed E-state index contributed by atoms with van der Waals surface area (Å²) in [6, 6.07) is 5.36. The van der Waals surface area contributed by atoms with E-state index in [1.54, 1.807) is 12.1 Å². The van der Waals surface area contributed by atoms with Gasteiger partial charge in [-0.1, -0.05) is 11.6 Å². The fraction of sp³-hybridized carbons (Fsp3) is 0.417. The number of aliphatic imine (C=N–C) groups is 1. The summed E-state index contributed by atoms with van der Waals surface area (Å²) in [5.74, 6) is 1.45. The lowest BCUT2D eigenvalue weighted by Gasteiger charge is -2.09. The van der Waals surface area contributed by atoms with Crippen LogP contribution in [0.5, 0.6) is 5.75 Å². The Balaban J connectivity index is 2.09. The van der Waals surface area contributed by atoms with Crippen LogP contribution in [0.3, 0.4) is 0 Å². The number of rotatable bonds is 5. The van der Waals surface area contributed by atoms with Crippen LogP contribution < -0.4 is 4.74 Å². The molecule has 0 saturated heterocycles. The first kappa shape index (κ1) is 11.2. The molecule has 2 rings (SSSR count). The van der Waals surface area contributed by atoms with Gasteiger partial charge in [0.1, 0.15) is 5.75 Å². The SMILES string of the molecule is O=C=NCc1cc(Cl)ccc1OCC1CC1. The summed E-state index contributed by atoms with van der Waals surface area (Å²) in [5, 5.41) is 0.620. The number of ether oxygens (including phenoxy) is 1. The average molecular weight is 238 g/mol. The first-order valence-corrected chi connectivity index (χ1v) is 5.62. The molecule has 1 aliphatic carbocycles. The maximum atomic E-state index is 10.1. The molecule has 84 valence electrons. The molecule has 16 heavy (non-hydrogen) atoms. The number of benzene rings is 1. The molecule has 4 heteroatoms. The van der Waals surface area contributed by atoms with Crippen molar-refractivity contribution in [1.29, 1.82) is 0 Å². The van der Waals surface area contributed by atoms with Gasteiger partial charge in [-0.25, -0.2) is 9.79 Å². The van der Waals surface area contributed by atoms with Crippen LogP contribution in [0, 0.1) is 5.92 Å². The predicted molar refractivity (Wildman–Crippen MR) is 61.5 cm³/mol. The Morgan fingerprint density at radius 2 is 2.31 bits per heavy atom. The highest BCUT2D eigenvalue weighted by Crippen LogP contribution is 2.31. The van der Waals surface area contributed by atoms with Gasteiger partial charge in [0, 0.05) is 10.6 Å². The Morgan fingerprint density at radius 1 is 1.50 bits per heavy atom. The number of isocyanates is 1. The summed E-state index contributed by atoms with van der Waals surface area (Å²) in [5.41, 5.74) is 0.830. The lowest BCUT2D eigenvalue weighted by molar-refractivity contribution is 0.297. The zero-order valence-electron chi connectivity index (χ0n) is 8.78. The molecular weight excluding hydrogens is 226 g/mol. The Morgan fingerprint density at radius 3 is 3.00 bits per heavy atom. The second kappa shape index (κ2) is 5.15. The van der Waals surface area contributed by atoms with E-state index in [0.29, 0.717) is 10.9 Å². The van der Waals surface area contributed by atoms with Gasteiger partial charge in [-0.3, -0.25) is 0 Å². The number of carbonyl (C=O) groups excluding carboxylic acids is 1. The monoisotopic (exact) mass is 237 g/mol. The molecule has 0 heterocycles. The molecule has 1 aromatic carbocycles. The van der Waals surface area contributed by atoms with Crippen LogP contribution in [0.4, 0.5) is 0 Å². The topological polar surface area (TPSA) is 38.7 Å². The van der Waals surface area contributed by atoms with Crippen molar-refractivity contribution in [2.45, 2.75) is 19.4 Å². The molecule has 0 spiro atoms. The number of hydrogen-bond acceptors (Lipinski definition) is 3. The van der Waals surface area contributed by atoms with E-state index in [1.165, 1.54) is 18.9 Å². The molecule has 0 radical (unpaired) electrons. The second-order valence-electron chi connectivity index (χ2n) is 3.91. The van der Waals surface area contributed by atoms with Crippen LogP contribution in [0.2, 0.25) is 5.02 Å². The van der Waals surface area contributed by atoms with Crippen molar-refractivity contribution >= 4 is 17.7 Å². The third-order valence-corrected chi connectivity index (χ3v) is 2.74. The quantitative estimate of drug-likeness (QED) is 0.583. The van der Waals surface area contributed by atoms with E-state index in [2.05, 4.69) is 4.99 Å². The lowest BCUT2D eigenvalue weighted by atomic mass is 10.2. The summed E-state index contributed by atoms with van der Waals surface area (Å²) in [4.78, 5) is 13.6. The zero-order chi connectivity index (χ0) is 11.4. The summed E-state index contributed by atoms with van der Waals surface area (Å²) in [7, 11) is 0. The molecule has 0 N–H and O–H groups in total. The third kappa shape index (κ3) is 3.09. The highest BCUT2D eigenvalue weighted by atomic mass is 35.5. The van der Waals surface area contributed by atoms with E-state index in [0.717, 1.165) is 17.9 Å². The van der Waals surface area contributed by atoms with E-state index in [4.69, 9.17) is 16.3 Å². The zero-order valence-corrected chi connectivity index (χ0v) is 9.54. The Bertz CT molecular complexity index is 423. The molecular formula is C12H12ClNO2. The van der Waals surface area contributed by atoms with Crippen LogP contribution in [0.1, 0.15) is 18.4 Å². The summed E-state index contributed by atoms with van der Waals surface area (Å²) < 4.78 is 5.66. The molecule has 0 unspecified atom stereocenters. The highest BCUT2D eigenvalue weighted by molar-refractivity contribution is 6.30. The van der Waals surface area contributed by atoms with E-state index < -0.39 is 0 Å². The van der Waals surface area contributed by atoms with Gasteiger partial charge in [0.05, 0.1) is 13.2 Å². The van der Waals surface area contributed by atoms with Crippen molar-refractivity contribution in [2.24, 2.45) is 10.9 Å². The van der Waals surface area contributed by atoms with Crippen molar-refractivity contribution in [3.05, 3.63) is 28.8 Å². The largest absolute Gasteiger partial charge is 0.493 e. The molecule has 0 aliphatic heterocycles. The van der Waals surface area contributed by atoms with Gasteiger partial charge in [0.15, 0.2) is 0 Å². The van der Waals surface area contributed by atoms with Crippen molar-refractivity contribution < 1.29 is 9.53 Å². The minimum absolute atomic E-state index is 0.268. The smallest absolute Gasteiger partial charge is 0.235 e. The fourth-order valence-corrected chi connectivity index (χ4v) is 1.62. The molecule has 0 amide bonds. The van der Waals surface area contributed by atoms with Gasteiger partial charge in [-0.2, -0.15) is 0 Å². The molecule has 1 fully saturated rings. The molecule has 3 nitrogen and oxygen atoms in total. The van der Waals surface area contributed by atoms with Crippen molar-refractivity contribution in [3.8, 4) is 5.75 Å². The Labute approximate surface area is 99.1 Å². The molecule has 0 atom stereocenters. The minimum Gasteiger partial charge on any atom is -0.493 e. The molecule has 1 aliphatic rings. The maximum Gasteiger partial charge on any atom is 0.235 e. The van der Waals surface area contributed by atoms with Crippen LogP contribution in [-0.4, -0.2) is 12.7 Å². The molecule has 0 bridgehead atoms. The lowest BCUT2D eigenvalue weighted by Crippen LogP contribution is -2.01. The van der Waals surface area contributed by atoms with Crippen LogP contribution in [0.25, 0.3) is 0 Å². The van der Waals surface area contributed by atoms with E-state index in [1.807, 2.05) is 6.07 Å². The second-order valence-corrected chi connectivity index (χ2v) is 4.35. The summed E-state index contributed by atoms with van der Waals surface area (Å²) in [6.07, 6.45) is 4.01. The summed E-state index contributed by atoms with van der Waals surface area (Å²) >= 11 is 5.88. The average Bonchev–Trinajstić information content (AvgIpc) is 3.09. The fourth-order valence-electron chi connectivity index (χ4n) is 1.42. The van der Waals surface area contributed by atoms with Gasteiger partial charge in [0.25, 0.3) is 0 Å². The first-order valence-electron chi connectivity index (χ1n) is 5.24. The van der Waals surface area contributed by atoms with Gasteiger partial charge in [-0.05, 0) is 37.0 Å². The van der Waals surface area contributed by atoms with Gasteiger partial charge in [-0.15, -0.1) is 0 Å². The van der Waals surface area contributed by atoms with Crippen molar-refractivity contribution in [3.63, 3.8) is 0 Å². The highest BCUT2D eigenvalue weighted by Gasteiger charge is 2.22. The minimum atomic E-state index is 0.268. The number of nitrogens with zero attached hydrogens (tertiary/aromatic N) is 1. The van der Waals surface area contributed by atoms with Crippen molar-refractivity contribution in [1.82, 2.24) is 0 Å².